The highest BCUT2D eigenvalue weighted by atomic mass is 32.2. The molecule has 4 heteroatoms. The van der Waals surface area contributed by atoms with Crippen molar-refractivity contribution in [2.24, 2.45) is 0 Å². The fraction of sp³-hybridized carbons (Fsp3) is 0.471. The second kappa shape index (κ2) is 5.09. The van der Waals surface area contributed by atoms with E-state index in [0.29, 0.717) is 0 Å². The van der Waals surface area contributed by atoms with Gasteiger partial charge in [0.15, 0.2) is 5.82 Å². The Balaban J connectivity index is 2.18. The van der Waals surface area contributed by atoms with Crippen molar-refractivity contribution in [3.8, 4) is 11.4 Å². The Morgan fingerprint density at radius 1 is 0.857 bits per heavy atom. The number of thioether (sulfide) groups is 1. The number of rotatable bonds is 1. The molecule has 3 rings (SSSR count). The van der Waals surface area contributed by atoms with Crippen LogP contribution in [0.5, 0.6) is 0 Å². The van der Waals surface area contributed by atoms with E-state index < -0.39 is 0 Å². The summed E-state index contributed by atoms with van der Waals surface area (Å²) < 4.78 is 0. The number of hydrogen-bond acceptors (Lipinski definition) is 4. The van der Waals surface area contributed by atoms with Crippen LogP contribution < -0.4 is 0 Å². The minimum Gasteiger partial charge on any atom is -0.229 e. The molecule has 0 fully saturated rings. The molecular weight excluding hydrogens is 278 g/mol. The molecule has 0 amide bonds. The van der Waals surface area contributed by atoms with Gasteiger partial charge < -0.3 is 0 Å². The summed E-state index contributed by atoms with van der Waals surface area (Å²) in [6, 6.07) is 10.1. The molecule has 1 aromatic heterocycles. The van der Waals surface area contributed by atoms with E-state index in [2.05, 4.69) is 37.9 Å². The lowest BCUT2D eigenvalue weighted by Gasteiger charge is -2.26. The summed E-state index contributed by atoms with van der Waals surface area (Å²) >= 11 is 1.98. The molecule has 110 valence electrons. The van der Waals surface area contributed by atoms with E-state index in [4.69, 9.17) is 4.98 Å². The summed E-state index contributed by atoms with van der Waals surface area (Å²) in [7, 11) is 0. The summed E-state index contributed by atoms with van der Waals surface area (Å²) in [5.74, 6) is 2.85. The molecular formula is C17H21N3S. The Kier molecular flexibility index (Phi) is 3.52. The lowest BCUT2D eigenvalue weighted by molar-refractivity contribution is 0.513. The Hall–Kier alpha value is -1.42. The predicted molar refractivity (Wildman–Crippen MR) is 88.6 cm³/mol. The zero-order valence-electron chi connectivity index (χ0n) is 13.1. The highest BCUT2D eigenvalue weighted by Crippen LogP contribution is 2.40. The zero-order valence-corrected chi connectivity index (χ0v) is 13.9. The second-order valence-corrected chi connectivity index (χ2v) is 7.94. The SMILES string of the molecule is CC1(C)CSCC(C)(C)c2nc(-c3ccccc3)nnc21. The Morgan fingerprint density at radius 2 is 1.48 bits per heavy atom. The van der Waals surface area contributed by atoms with E-state index in [0.717, 1.165) is 34.3 Å². The molecule has 0 saturated carbocycles. The quantitative estimate of drug-likeness (QED) is 0.802. The van der Waals surface area contributed by atoms with Crippen molar-refractivity contribution in [1.82, 2.24) is 15.2 Å². The van der Waals surface area contributed by atoms with Gasteiger partial charge in [-0.25, -0.2) is 4.98 Å². The normalized spacial score (nSPS) is 19.6. The van der Waals surface area contributed by atoms with Crippen LogP contribution in [0.1, 0.15) is 39.1 Å². The Bertz CT molecular complexity index is 650. The van der Waals surface area contributed by atoms with Gasteiger partial charge in [-0.05, 0) is 0 Å². The third kappa shape index (κ3) is 2.69. The standard InChI is InChI=1S/C17H21N3S/c1-16(2)10-21-11-17(3,4)14-13(16)18-15(20-19-14)12-8-6-5-7-9-12/h5-9H,10-11H2,1-4H3. The van der Waals surface area contributed by atoms with Crippen LogP contribution in [0.25, 0.3) is 11.4 Å². The van der Waals surface area contributed by atoms with Gasteiger partial charge in [-0.2, -0.15) is 16.9 Å². The van der Waals surface area contributed by atoms with Crippen molar-refractivity contribution in [3.05, 3.63) is 41.7 Å². The van der Waals surface area contributed by atoms with Gasteiger partial charge in [0.2, 0.25) is 0 Å². The molecule has 1 aliphatic heterocycles. The number of benzene rings is 1. The topological polar surface area (TPSA) is 38.7 Å². The minimum atomic E-state index is 0.0169. The third-order valence-electron chi connectivity index (χ3n) is 3.93. The first-order chi connectivity index (χ1) is 9.90. The van der Waals surface area contributed by atoms with Gasteiger partial charge in [0, 0.05) is 27.9 Å². The maximum atomic E-state index is 4.90. The van der Waals surface area contributed by atoms with E-state index in [1.807, 2.05) is 42.1 Å². The van der Waals surface area contributed by atoms with E-state index >= 15 is 0 Å². The monoisotopic (exact) mass is 299 g/mol. The number of aromatic nitrogens is 3. The zero-order chi connectivity index (χ0) is 15.1. The molecule has 1 aromatic carbocycles. The van der Waals surface area contributed by atoms with Crippen LogP contribution in [0.4, 0.5) is 0 Å². The Morgan fingerprint density at radius 3 is 2.14 bits per heavy atom. The lowest BCUT2D eigenvalue weighted by Crippen LogP contribution is -2.28. The number of fused-ring (bicyclic) bond motifs is 1. The molecule has 0 spiro atoms. The molecule has 0 atom stereocenters. The molecule has 0 unspecified atom stereocenters. The summed E-state index contributed by atoms with van der Waals surface area (Å²) in [5.41, 5.74) is 3.22. The van der Waals surface area contributed by atoms with E-state index in [1.54, 1.807) is 0 Å². The van der Waals surface area contributed by atoms with E-state index in [9.17, 15) is 0 Å². The molecule has 3 nitrogen and oxygen atoms in total. The molecule has 0 N–H and O–H groups in total. The first-order valence-electron chi connectivity index (χ1n) is 7.29. The first kappa shape index (κ1) is 14.5. The molecule has 0 saturated heterocycles. The summed E-state index contributed by atoms with van der Waals surface area (Å²) in [6.45, 7) is 8.98. The minimum absolute atomic E-state index is 0.0169. The second-order valence-electron chi connectivity index (χ2n) is 6.96. The molecule has 0 bridgehead atoms. The highest BCUT2D eigenvalue weighted by Gasteiger charge is 2.38. The lowest BCUT2D eigenvalue weighted by atomic mass is 9.82. The maximum Gasteiger partial charge on any atom is 0.182 e. The fourth-order valence-corrected chi connectivity index (χ4v) is 4.06. The summed E-state index contributed by atoms with van der Waals surface area (Å²) in [6.07, 6.45) is 0. The third-order valence-corrected chi connectivity index (χ3v) is 5.78. The summed E-state index contributed by atoms with van der Waals surface area (Å²) in [5, 5.41) is 8.97. The van der Waals surface area contributed by atoms with Crippen molar-refractivity contribution in [1.29, 1.82) is 0 Å². The number of nitrogens with zero attached hydrogens (tertiary/aromatic N) is 3. The number of hydrogen-bond donors (Lipinski definition) is 0. The van der Waals surface area contributed by atoms with Crippen LogP contribution in [-0.2, 0) is 10.8 Å². The molecule has 2 aromatic rings. The molecule has 21 heavy (non-hydrogen) atoms. The van der Waals surface area contributed by atoms with Gasteiger partial charge in [-0.3, -0.25) is 0 Å². The first-order valence-corrected chi connectivity index (χ1v) is 8.44. The fourth-order valence-electron chi connectivity index (χ4n) is 2.66. The van der Waals surface area contributed by atoms with Crippen LogP contribution in [0, 0.1) is 0 Å². The van der Waals surface area contributed by atoms with Crippen molar-refractivity contribution in [2.45, 2.75) is 38.5 Å². The van der Waals surface area contributed by atoms with Crippen LogP contribution in [-0.4, -0.2) is 26.7 Å². The molecule has 0 radical (unpaired) electrons. The van der Waals surface area contributed by atoms with Crippen LogP contribution in [0.15, 0.2) is 30.3 Å². The molecule has 2 heterocycles. The van der Waals surface area contributed by atoms with Crippen molar-refractivity contribution < 1.29 is 0 Å². The molecule has 1 aliphatic rings. The van der Waals surface area contributed by atoms with Crippen molar-refractivity contribution in [2.75, 3.05) is 11.5 Å². The van der Waals surface area contributed by atoms with Crippen molar-refractivity contribution in [3.63, 3.8) is 0 Å². The average molecular weight is 299 g/mol. The van der Waals surface area contributed by atoms with Crippen LogP contribution in [0.3, 0.4) is 0 Å². The van der Waals surface area contributed by atoms with E-state index in [1.165, 1.54) is 0 Å². The van der Waals surface area contributed by atoms with Crippen LogP contribution in [0.2, 0.25) is 0 Å². The average Bonchev–Trinajstić information content (AvgIpc) is 2.55. The smallest absolute Gasteiger partial charge is 0.182 e. The van der Waals surface area contributed by atoms with Gasteiger partial charge >= 0.3 is 0 Å². The van der Waals surface area contributed by atoms with Gasteiger partial charge in [-0.15, -0.1) is 5.10 Å². The van der Waals surface area contributed by atoms with Gasteiger partial charge in [-0.1, -0.05) is 58.0 Å². The molecule has 0 aliphatic carbocycles. The van der Waals surface area contributed by atoms with Gasteiger partial charge in [0.25, 0.3) is 0 Å². The highest BCUT2D eigenvalue weighted by molar-refractivity contribution is 7.99. The van der Waals surface area contributed by atoms with Gasteiger partial charge in [0.05, 0.1) is 11.4 Å². The van der Waals surface area contributed by atoms with E-state index in [-0.39, 0.29) is 10.8 Å². The van der Waals surface area contributed by atoms with Crippen LogP contribution >= 0.6 is 11.8 Å². The maximum absolute atomic E-state index is 4.90. The Labute approximate surface area is 130 Å². The van der Waals surface area contributed by atoms with Gasteiger partial charge in [0.1, 0.15) is 0 Å². The summed E-state index contributed by atoms with van der Waals surface area (Å²) in [4.78, 5) is 4.90. The predicted octanol–water partition coefficient (Wildman–Crippen LogP) is 3.84. The largest absolute Gasteiger partial charge is 0.229 e. The van der Waals surface area contributed by atoms with Crippen molar-refractivity contribution >= 4 is 11.8 Å².